The highest BCUT2D eigenvalue weighted by molar-refractivity contribution is 5.59. The number of carbonyl (C=O) groups excluding carboxylic acids is 2. The summed E-state index contributed by atoms with van der Waals surface area (Å²) in [5.41, 5.74) is 0. The smallest absolute Gasteiger partial charge is 0.137 e. The minimum atomic E-state index is -0.0227. The Bertz CT molecular complexity index is 164. The van der Waals surface area contributed by atoms with Crippen molar-refractivity contribution in [2.45, 2.75) is 38.1 Å². The van der Waals surface area contributed by atoms with E-state index in [4.69, 9.17) is 0 Å². The molecule has 3 heteroatoms. The Hall–Kier alpha value is -0.700. The number of hydrogen-bond acceptors (Lipinski definition) is 3. The largest absolute Gasteiger partial charge is 0.303 e. The Labute approximate surface area is 79.1 Å². The molecule has 13 heavy (non-hydrogen) atoms. The van der Waals surface area contributed by atoms with E-state index in [2.05, 4.69) is 4.90 Å². The summed E-state index contributed by atoms with van der Waals surface area (Å²) in [7, 11) is 0. The highest BCUT2D eigenvalue weighted by Gasteiger charge is 2.18. The van der Waals surface area contributed by atoms with Gasteiger partial charge in [0.2, 0.25) is 0 Å². The van der Waals surface area contributed by atoms with Crippen molar-refractivity contribution < 1.29 is 9.59 Å². The van der Waals surface area contributed by atoms with Crippen LogP contribution in [0.4, 0.5) is 0 Å². The van der Waals surface area contributed by atoms with Gasteiger partial charge in [-0.1, -0.05) is 6.42 Å². The lowest BCUT2D eigenvalue weighted by molar-refractivity contribution is -0.113. The number of hydrogen-bond donors (Lipinski definition) is 0. The zero-order valence-corrected chi connectivity index (χ0v) is 7.95. The van der Waals surface area contributed by atoms with E-state index in [1.807, 2.05) is 0 Å². The van der Waals surface area contributed by atoms with Gasteiger partial charge in [0.05, 0.1) is 6.04 Å². The van der Waals surface area contributed by atoms with Crippen LogP contribution in [0.1, 0.15) is 32.1 Å². The second-order valence-electron chi connectivity index (χ2n) is 3.54. The van der Waals surface area contributed by atoms with Gasteiger partial charge in [-0.15, -0.1) is 0 Å². The number of nitrogens with zero attached hydrogens (tertiary/aromatic N) is 1. The first-order valence-corrected chi connectivity index (χ1v) is 5.01. The first kappa shape index (κ1) is 10.4. The molecule has 1 aliphatic rings. The van der Waals surface area contributed by atoms with Gasteiger partial charge in [0.25, 0.3) is 0 Å². The van der Waals surface area contributed by atoms with Gasteiger partial charge in [0.1, 0.15) is 12.6 Å². The van der Waals surface area contributed by atoms with Crippen LogP contribution in [-0.4, -0.2) is 36.6 Å². The standard InChI is InChI=1S/C10H17NO2/c12-8-4-5-10(9-13)11-6-2-1-3-7-11/h8-10H,1-7H2. The fourth-order valence-electron chi connectivity index (χ4n) is 1.83. The Morgan fingerprint density at radius 1 is 1.15 bits per heavy atom. The zero-order chi connectivity index (χ0) is 9.52. The van der Waals surface area contributed by atoms with Gasteiger partial charge in [-0.05, 0) is 32.4 Å². The van der Waals surface area contributed by atoms with Crippen LogP contribution in [0.3, 0.4) is 0 Å². The van der Waals surface area contributed by atoms with E-state index in [0.29, 0.717) is 12.8 Å². The van der Waals surface area contributed by atoms with Crippen LogP contribution in [0.25, 0.3) is 0 Å². The van der Waals surface area contributed by atoms with Crippen molar-refractivity contribution in [3.05, 3.63) is 0 Å². The van der Waals surface area contributed by atoms with Crippen molar-refractivity contribution in [2.75, 3.05) is 13.1 Å². The summed E-state index contributed by atoms with van der Waals surface area (Å²) in [6.07, 6.45) is 6.70. The molecule has 0 spiro atoms. The van der Waals surface area contributed by atoms with Crippen LogP contribution < -0.4 is 0 Å². The molecule has 1 heterocycles. The fourth-order valence-corrected chi connectivity index (χ4v) is 1.83. The van der Waals surface area contributed by atoms with Crippen molar-refractivity contribution in [1.82, 2.24) is 4.90 Å². The number of likely N-dealkylation sites (tertiary alicyclic amines) is 1. The lowest BCUT2D eigenvalue weighted by atomic mass is 10.1. The van der Waals surface area contributed by atoms with E-state index < -0.39 is 0 Å². The summed E-state index contributed by atoms with van der Waals surface area (Å²) < 4.78 is 0. The molecule has 0 amide bonds. The van der Waals surface area contributed by atoms with Gasteiger partial charge in [-0.25, -0.2) is 0 Å². The third kappa shape index (κ3) is 3.27. The van der Waals surface area contributed by atoms with Gasteiger partial charge < -0.3 is 9.59 Å². The normalized spacial score (nSPS) is 20.9. The van der Waals surface area contributed by atoms with Crippen LogP contribution in [-0.2, 0) is 9.59 Å². The zero-order valence-electron chi connectivity index (χ0n) is 7.95. The average molecular weight is 183 g/mol. The maximum absolute atomic E-state index is 10.8. The topological polar surface area (TPSA) is 37.4 Å². The van der Waals surface area contributed by atoms with Crippen molar-refractivity contribution in [2.24, 2.45) is 0 Å². The number of carbonyl (C=O) groups is 2. The molecular formula is C10H17NO2. The van der Waals surface area contributed by atoms with Crippen LogP contribution in [0.5, 0.6) is 0 Å². The molecular weight excluding hydrogens is 166 g/mol. The molecule has 1 aliphatic heterocycles. The van der Waals surface area contributed by atoms with E-state index in [-0.39, 0.29) is 6.04 Å². The Kier molecular flexibility index (Phi) is 4.68. The molecule has 74 valence electrons. The molecule has 0 saturated carbocycles. The minimum absolute atomic E-state index is 0.0227. The van der Waals surface area contributed by atoms with Crippen LogP contribution >= 0.6 is 0 Å². The van der Waals surface area contributed by atoms with Crippen molar-refractivity contribution >= 4 is 12.6 Å². The van der Waals surface area contributed by atoms with Crippen molar-refractivity contribution in [3.63, 3.8) is 0 Å². The molecule has 0 aromatic heterocycles. The van der Waals surface area contributed by atoms with Crippen molar-refractivity contribution in [3.8, 4) is 0 Å². The van der Waals surface area contributed by atoms with E-state index in [9.17, 15) is 9.59 Å². The second-order valence-corrected chi connectivity index (χ2v) is 3.54. The summed E-state index contributed by atoms with van der Waals surface area (Å²) in [6, 6.07) is -0.0227. The van der Waals surface area contributed by atoms with E-state index in [1.165, 1.54) is 19.3 Å². The quantitative estimate of drug-likeness (QED) is 0.597. The molecule has 1 fully saturated rings. The Balaban J connectivity index is 2.34. The Morgan fingerprint density at radius 3 is 2.38 bits per heavy atom. The summed E-state index contributed by atoms with van der Waals surface area (Å²) in [4.78, 5) is 23.1. The van der Waals surface area contributed by atoms with Crippen molar-refractivity contribution in [1.29, 1.82) is 0 Å². The lowest BCUT2D eigenvalue weighted by Crippen LogP contribution is -2.40. The van der Waals surface area contributed by atoms with Crippen LogP contribution in [0, 0.1) is 0 Å². The minimum Gasteiger partial charge on any atom is -0.303 e. The SMILES string of the molecule is O=CCCC(C=O)N1CCCCC1. The highest BCUT2D eigenvalue weighted by atomic mass is 16.1. The average Bonchev–Trinajstić information content (AvgIpc) is 2.21. The molecule has 1 saturated heterocycles. The third-order valence-electron chi connectivity index (χ3n) is 2.60. The molecule has 1 unspecified atom stereocenters. The van der Waals surface area contributed by atoms with Gasteiger partial charge >= 0.3 is 0 Å². The maximum atomic E-state index is 10.8. The molecule has 0 aliphatic carbocycles. The molecule has 0 N–H and O–H groups in total. The summed E-state index contributed by atoms with van der Waals surface area (Å²) in [5.74, 6) is 0. The Morgan fingerprint density at radius 2 is 1.85 bits per heavy atom. The lowest BCUT2D eigenvalue weighted by Gasteiger charge is -2.30. The number of aldehydes is 2. The van der Waals surface area contributed by atoms with E-state index in [1.54, 1.807) is 0 Å². The monoisotopic (exact) mass is 183 g/mol. The third-order valence-corrected chi connectivity index (χ3v) is 2.60. The summed E-state index contributed by atoms with van der Waals surface area (Å²) >= 11 is 0. The van der Waals surface area contributed by atoms with Gasteiger partial charge in [-0.2, -0.15) is 0 Å². The highest BCUT2D eigenvalue weighted by Crippen LogP contribution is 2.13. The molecule has 0 bridgehead atoms. The molecule has 1 atom stereocenters. The van der Waals surface area contributed by atoms with Gasteiger partial charge in [0.15, 0.2) is 0 Å². The van der Waals surface area contributed by atoms with Crippen LogP contribution in [0.2, 0.25) is 0 Å². The summed E-state index contributed by atoms with van der Waals surface area (Å²) in [5, 5.41) is 0. The first-order chi connectivity index (χ1) is 6.38. The fraction of sp³-hybridized carbons (Fsp3) is 0.800. The van der Waals surface area contributed by atoms with E-state index in [0.717, 1.165) is 25.7 Å². The molecule has 1 rings (SSSR count). The van der Waals surface area contributed by atoms with Gasteiger partial charge in [-0.3, -0.25) is 4.90 Å². The van der Waals surface area contributed by atoms with Crippen LogP contribution in [0.15, 0.2) is 0 Å². The van der Waals surface area contributed by atoms with E-state index >= 15 is 0 Å². The summed E-state index contributed by atoms with van der Waals surface area (Å²) in [6.45, 7) is 2.03. The van der Waals surface area contributed by atoms with Gasteiger partial charge in [0, 0.05) is 6.42 Å². The first-order valence-electron chi connectivity index (χ1n) is 5.01. The number of piperidine rings is 1. The molecule has 0 radical (unpaired) electrons. The second kappa shape index (κ2) is 5.86. The predicted molar refractivity (Wildman–Crippen MR) is 50.6 cm³/mol. The molecule has 0 aromatic rings. The predicted octanol–water partition coefficient (Wildman–Crippen LogP) is 1.02. The molecule has 3 nitrogen and oxygen atoms in total. The molecule has 0 aromatic carbocycles. The number of rotatable bonds is 5. The maximum Gasteiger partial charge on any atom is 0.137 e.